The molecule has 0 spiro atoms. The zero-order valence-electron chi connectivity index (χ0n) is 12.9. The van der Waals surface area contributed by atoms with Gasteiger partial charge in [0.2, 0.25) is 11.8 Å². The van der Waals surface area contributed by atoms with Gasteiger partial charge in [0, 0.05) is 25.0 Å². The number of halogens is 1. The zero-order chi connectivity index (χ0) is 15.5. The lowest BCUT2D eigenvalue weighted by Crippen LogP contribution is -2.29. The van der Waals surface area contributed by atoms with Crippen LogP contribution in [0, 0.1) is 0 Å². The maximum absolute atomic E-state index is 11.3. The number of nitrogen functional groups attached to an aromatic ring is 1. The van der Waals surface area contributed by atoms with Gasteiger partial charge in [0.1, 0.15) is 0 Å². The Bertz CT molecular complexity index is 688. The first kappa shape index (κ1) is 17.1. The Hall–Kier alpha value is -2.28. The van der Waals surface area contributed by atoms with E-state index in [4.69, 9.17) is 10.3 Å². The number of carbonyl (C=O) groups is 1. The van der Waals surface area contributed by atoms with Gasteiger partial charge in [-0.1, -0.05) is 11.2 Å². The van der Waals surface area contributed by atoms with E-state index >= 15 is 0 Å². The van der Waals surface area contributed by atoms with Crippen molar-refractivity contribution < 1.29 is 9.32 Å². The summed E-state index contributed by atoms with van der Waals surface area (Å²) < 4.78 is 5.24. The summed E-state index contributed by atoms with van der Waals surface area (Å²) in [5, 5.41) is 6.38. The van der Waals surface area contributed by atoms with Crippen LogP contribution in [0.25, 0.3) is 0 Å². The molecule has 2 aromatic rings. The number of amides is 1. The highest BCUT2D eigenvalue weighted by molar-refractivity contribution is 5.85. The number of hydrogen-bond acceptors (Lipinski definition) is 6. The third-order valence-electron chi connectivity index (χ3n) is 3.82. The van der Waals surface area contributed by atoms with Crippen LogP contribution in [0.3, 0.4) is 0 Å². The summed E-state index contributed by atoms with van der Waals surface area (Å²) in [6, 6.07) is 5.94. The van der Waals surface area contributed by atoms with E-state index in [2.05, 4.69) is 26.4 Å². The topological polar surface area (TPSA) is 97.3 Å². The monoisotopic (exact) mass is 337 g/mol. The first-order chi connectivity index (χ1) is 10.7. The number of benzene rings is 1. The molecular weight excluding hydrogens is 318 g/mol. The first-order valence-electron chi connectivity index (χ1n) is 7.31. The molecule has 124 valence electrons. The van der Waals surface area contributed by atoms with Crippen molar-refractivity contribution in [1.29, 1.82) is 0 Å². The highest BCUT2D eigenvalue weighted by Crippen LogP contribution is 2.31. The van der Waals surface area contributed by atoms with Crippen molar-refractivity contribution in [1.82, 2.24) is 15.5 Å². The van der Waals surface area contributed by atoms with E-state index in [0.717, 1.165) is 30.8 Å². The fourth-order valence-corrected chi connectivity index (χ4v) is 2.71. The van der Waals surface area contributed by atoms with Crippen LogP contribution in [0.1, 0.15) is 23.7 Å². The Morgan fingerprint density at radius 2 is 2.30 bits per heavy atom. The minimum atomic E-state index is -0.136. The van der Waals surface area contributed by atoms with Crippen molar-refractivity contribution >= 4 is 29.7 Å². The zero-order valence-corrected chi connectivity index (χ0v) is 13.7. The summed E-state index contributed by atoms with van der Waals surface area (Å²) >= 11 is 0. The molecule has 3 N–H and O–H groups in total. The van der Waals surface area contributed by atoms with E-state index in [1.807, 2.05) is 12.1 Å². The number of aromatic nitrogens is 2. The van der Waals surface area contributed by atoms with Gasteiger partial charge in [-0.3, -0.25) is 4.79 Å². The smallest absolute Gasteiger partial charge is 0.246 e. The van der Waals surface area contributed by atoms with Crippen molar-refractivity contribution in [2.24, 2.45) is 0 Å². The number of anilines is 2. The molecule has 1 aliphatic heterocycles. The summed E-state index contributed by atoms with van der Waals surface area (Å²) in [5.74, 6) is 0.775. The van der Waals surface area contributed by atoms with Crippen LogP contribution in [0.4, 0.5) is 11.4 Å². The average molecular weight is 338 g/mol. The lowest BCUT2D eigenvalue weighted by molar-refractivity contribution is -0.120. The molecule has 8 heteroatoms. The minimum absolute atomic E-state index is 0. The fraction of sp³-hybridized carbons (Fsp3) is 0.400. The maximum Gasteiger partial charge on any atom is 0.246 e. The van der Waals surface area contributed by atoms with Gasteiger partial charge in [-0.05, 0) is 30.5 Å². The highest BCUT2D eigenvalue weighted by Gasteiger charge is 2.21. The number of carbonyl (C=O) groups excluding carboxylic acids is 1. The SMILES string of the molecule is CNC(=O)Cc1noc(CN2CCCc3c(N)cccc32)n1.Cl. The molecule has 0 aliphatic carbocycles. The maximum atomic E-state index is 11.3. The Morgan fingerprint density at radius 1 is 1.48 bits per heavy atom. The number of fused-ring (bicyclic) bond motifs is 1. The molecule has 0 saturated carbocycles. The van der Waals surface area contributed by atoms with Gasteiger partial charge in [0.05, 0.1) is 13.0 Å². The number of likely N-dealkylation sites (N-methyl/N-ethyl adjacent to an activating group) is 1. The molecule has 1 aromatic heterocycles. The second kappa shape index (κ2) is 7.32. The van der Waals surface area contributed by atoms with E-state index in [9.17, 15) is 4.79 Å². The van der Waals surface area contributed by atoms with Gasteiger partial charge >= 0.3 is 0 Å². The summed E-state index contributed by atoms with van der Waals surface area (Å²) in [4.78, 5) is 17.8. The van der Waals surface area contributed by atoms with Gasteiger partial charge in [0.15, 0.2) is 5.82 Å². The standard InChI is InChI=1S/C15H19N5O2.ClH/c1-17-14(21)8-13-18-15(22-19-13)9-20-7-3-4-10-11(16)5-2-6-12(10)20;/h2,5-6H,3-4,7-9,16H2,1H3,(H,17,21);1H. The normalized spacial score (nSPS) is 13.2. The van der Waals surface area contributed by atoms with Crippen LogP contribution in [0.15, 0.2) is 22.7 Å². The van der Waals surface area contributed by atoms with E-state index in [-0.39, 0.29) is 24.7 Å². The van der Waals surface area contributed by atoms with Crippen molar-refractivity contribution in [2.75, 3.05) is 24.2 Å². The van der Waals surface area contributed by atoms with Gasteiger partial charge in [0.25, 0.3) is 0 Å². The van der Waals surface area contributed by atoms with Gasteiger partial charge in [-0.25, -0.2) is 0 Å². The second-order valence-corrected chi connectivity index (χ2v) is 5.32. The molecule has 7 nitrogen and oxygen atoms in total. The largest absolute Gasteiger partial charge is 0.398 e. The Balaban J connectivity index is 0.00000192. The molecular formula is C15H20ClN5O2. The predicted octanol–water partition coefficient (Wildman–Crippen LogP) is 1.31. The molecule has 1 amide bonds. The van der Waals surface area contributed by atoms with Crippen LogP contribution in [0.5, 0.6) is 0 Å². The Morgan fingerprint density at radius 3 is 3.09 bits per heavy atom. The van der Waals surface area contributed by atoms with Crippen LogP contribution >= 0.6 is 12.4 Å². The molecule has 0 radical (unpaired) electrons. The summed E-state index contributed by atoms with van der Waals surface area (Å²) in [5.41, 5.74) is 9.18. The Labute approximate surface area is 140 Å². The average Bonchev–Trinajstić information content (AvgIpc) is 2.95. The van der Waals surface area contributed by atoms with E-state index in [1.54, 1.807) is 7.05 Å². The molecule has 23 heavy (non-hydrogen) atoms. The van der Waals surface area contributed by atoms with Crippen molar-refractivity contribution in [2.45, 2.75) is 25.8 Å². The van der Waals surface area contributed by atoms with E-state index < -0.39 is 0 Å². The van der Waals surface area contributed by atoms with Crippen molar-refractivity contribution in [3.05, 3.63) is 35.5 Å². The molecule has 3 rings (SSSR count). The number of nitrogens with zero attached hydrogens (tertiary/aromatic N) is 3. The molecule has 0 unspecified atom stereocenters. The first-order valence-corrected chi connectivity index (χ1v) is 7.31. The molecule has 0 saturated heterocycles. The molecule has 2 heterocycles. The predicted molar refractivity (Wildman–Crippen MR) is 89.5 cm³/mol. The Kier molecular flexibility index (Phi) is 5.44. The van der Waals surface area contributed by atoms with Crippen molar-refractivity contribution in [3.63, 3.8) is 0 Å². The lowest BCUT2D eigenvalue weighted by Gasteiger charge is -2.30. The van der Waals surface area contributed by atoms with Crippen LogP contribution < -0.4 is 16.0 Å². The van der Waals surface area contributed by atoms with E-state index in [0.29, 0.717) is 18.3 Å². The fourth-order valence-electron chi connectivity index (χ4n) is 2.71. The van der Waals surface area contributed by atoms with Gasteiger partial charge < -0.3 is 20.5 Å². The third kappa shape index (κ3) is 3.73. The number of hydrogen-bond donors (Lipinski definition) is 2. The highest BCUT2D eigenvalue weighted by atomic mass is 35.5. The molecule has 0 bridgehead atoms. The summed E-state index contributed by atoms with van der Waals surface area (Å²) in [6.45, 7) is 1.45. The van der Waals surface area contributed by atoms with Gasteiger partial charge in [-0.2, -0.15) is 4.98 Å². The summed E-state index contributed by atoms with van der Waals surface area (Å²) in [7, 11) is 1.58. The number of nitrogens with two attached hydrogens (primary N) is 1. The molecule has 0 atom stereocenters. The van der Waals surface area contributed by atoms with Crippen LogP contribution in [-0.4, -0.2) is 29.6 Å². The second-order valence-electron chi connectivity index (χ2n) is 5.32. The number of rotatable bonds is 4. The molecule has 0 fully saturated rings. The third-order valence-corrected chi connectivity index (χ3v) is 3.82. The quantitative estimate of drug-likeness (QED) is 0.816. The number of nitrogens with one attached hydrogen (secondary N) is 1. The molecule has 1 aromatic carbocycles. The van der Waals surface area contributed by atoms with Crippen molar-refractivity contribution in [3.8, 4) is 0 Å². The van der Waals surface area contributed by atoms with E-state index in [1.165, 1.54) is 5.56 Å². The minimum Gasteiger partial charge on any atom is -0.398 e. The van der Waals surface area contributed by atoms with Crippen LogP contribution in [-0.2, 0) is 24.2 Å². The van der Waals surface area contributed by atoms with Crippen LogP contribution in [0.2, 0.25) is 0 Å². The lowest BCUT2D eigenvalue weighted by atomic mass is 10.00. The van der Waals surface area contributed by atoms with Gasteiger partial charge in [-0.15, -0.1) is 12.4 Å². The molecule has 1 aliphatic rings. The summed E-state index contributed by atoms with van der Waals surface area (Å²) in [6.07, 6.45) is 2.16.